The Hall–Kier alpha value is -3.08. The quantitative estimate of drug-likeness (QED) is 0.604. The van der Waals surface area contributed by atoms with Crippen LogP contribution in [-0.4, -0.2) is 53.6 Å². The molecule has 31 heavy (non-hydrogen) atoms. The third kappa shape index (κ3) is 4.09. The van der Waals surface area contributed by atoms with Gasteiger partial charge in [-0.15, -0.1) is 11.3 Å². The monoisotopic (exact) mass is 434 g/mol. The van der Waals surface area contributed by atoms with Gasteiger partial charge in [-0.05, 0) is 55.1 Å². The van der Waals surface area contributed by atoms with Crippen LogP contribution >= 0.6 is 11.3 Å². The molecule has 160 valence electrons. The van der Waals surface area contributed by atoms with Gasteiger partial charge in [0.1, 0.15) is 16.8 Å². The maximum absolute atomic E-state index is 13.3. The van der Waals surface area contributed by atoms with Gasteiger partial charge in [0, 0.05) is 37.6 Å². The molecule has 1 aliphatic heterocycles. The fourth-order valence-corrected chi connectivity index (χ4v) is 5.14. The van der Waals surface area contributed by atoms with E-state index < -0.39 is 0 Å². The van der Waals surface area contributed by atoms with Crippen molar-refractivity contribution >= 4 is 17.2 Å². The van der Waals surface area contributed by atoms with Crippen molar-refractivity contribution in [2.75, 3.05) is 33.3 Å². The molecule has 2 aromatic heterocycles. The molecule has 3 heterocycles. The number of thiophene rings is 1. The van der Waals surface area contributed by atoms with Crippen molar-refractivity contribution < 1.29 is 9.53 Å². The van der Waals surface area contributed by atoms with Crippen molar-refractivity contribution in [2.45, 2.75) is 19.9 Å². The first-order valence-corrected chi connectivity index (χ1v) is 11.2. The van der Waals surface area contributed by atoms with Crippen molar-refractivity contribution in [1.82, 2.24) is 14.4 Å². The number of piperazine rings is 1. The number of hydrogen-bond donors (Lipinski definition) is 0. The SMILES string of the molecule is COc1ccc(C(C#N)N2CCN(C(=O)c3ccsc3-n3c(C)ccc3C)CC2)cc1. The van der Waals surface area contributed by atoms with Crippen LogP contribution in [-0.2, 0) is 0 Å². The average Bonchev–Trinajstić information content (AvgIpc) is 3.40. The first-order chi connectivity index (χ1) is 15.0. The van der Waals surface area contributed by atoms with E-state index in [2.05, 4.69) is 41.5 Å². The number of hydrogen-bond acceptors (Lipinski definition) is 5. The van der Waals surface area contributed by atoms with Crippen molar-refractivity contribution in [2.24, 2.45) is 0 Å². The maximum atomic E-state index is 13.3. The molecule has 1 unspecified atom stereocenters. The molecule has 1 aliphatic rings. The standard InChI is InChI=1S/C24H26N4O2S/c1-17-4-5-18(2)28(17)24-21(10-15-31-24)23(29)27-13-11-26(12-14-27)22(16-25)19-6-8-20(30-3)9-7-19/h4-10,15,22H,11-14H2,1-3H3. The molecule has 1 fully saturated rings. The smallest absolute Gasteiger partial charge is 0.256 e. The number of rotatable bonds is 5. The van der Waals surface area contributed by atoms with E-state index in [0.717, 1.165) is 33.3 Å². The molecule has 1 atom stereocenters. The van der Waals surface area contributed by atoms with E-state index in [-0.39, 0.29) is 11.9 Å². The lowest BCUT2D eigenvalue weighted by Crippen LogP contribution is -2.49. The van der Waals surface area contributed by atoms with Crippen LogP contribution < -0.4 is 4.74 Å². The summed E-state index contributed by atoms with van der Waals surface area (Å²) in [5.41, 5.74) is 3.93. The Kier molecular flexibility index (Phi) is 6.12. The van der Waals surface area contributed by atoms with Gasteiger partial charge in [-0.3, -0.25) is 9.69 Å². The fourth-order valence-electron chi connectivity index (χ4n) is 4.13. The lowest BCUT2D eigenvalue weighted by Gasteiger charge is -2.37. The van der Waals surface area contributed by atoms with Crippen LogP contribution in [0.25, 0.3) is 5.00 Å². The summed E-state index contributed by atoms with van der Waals surface area (Å²) in [4.78, 5) is 17.3. The first kappa shape index (κ1) is 21.2. The van der Waals surface area contributed by atoms with Crippen molar-refractivity contribution in [3.63, 3.8) is 0 Å². The molecule has 1 amide bonds. The van der Waals surface area contributed by atoms with Gasteiger partial charge in [0.15, 0.2) is 0 Å². The third-order valence-corrected chi connectivity index (χ3v) is 6.77. The van der Waals surface area contributed by atoms with Crippen LogP contribution in [0.3, 0.4) is 0 Å². The van der Waals surface area contributed by atoms with Gasteiger partial charge in [0.25, 0.3) is 5.91 Å². The second-order valence-corrected chi connectivity index (χ2v) is 8.62. The Morgan fingerprint density at radius 3 is 2.26 bits per heavy atom. The highest BCUT2D eigenvalue weighted by molar-refractivity contribution is 7.13. The summed E-state index contributed by atoms with van der Waals surface area (Å²) in [5.74, 6) is 0.831. The molecule has 4 rings (SSSR count). The lowest BCUT2D eigenvalue weighted by molar-refractivity contribution is 0.0607. The number of benzene rings is 1. The molecule has 0 radical (unpaired) electrons. The van der Waals surface area contributed by atoms with E-state index in [4.69, 9.17) is 4.74 Å². The van der Waals surface area contributed by atoms with Crippen LogP contribution in [0, 0.1) is 25.2 Å². The zero-order valence-corrected chi connectivity index (χ0v) is 18.9. The lowest BCUT2D eigenvalue weighted by atomic mass is 10.1. The number of aromatic nitrogens is 1. The molecular formula is C24H26N4O2S. The molecule has 0 saturated carbocycles. The van der Waals surface area contributed by atoms with Crippen LogP contribution in [0.2, 0.25) is 0 Å². The molecule has 0 aliphatic carbocycles. The molecule has 6 nitrogen and oxygen atoms in total. The summed E-state index contributed by atoms with van der Waals surface area (Å²) in [7, 11) is 1.63. The third-order valence-electron chi connectivity index (χ3n) is 5.87. The molecule has 0 N–H and O–H groups in total. The molecule has 1 saturated heterocycles. The van der Waals surface area contributed by atoms with E-state index in [0.29, 0.717) is 26.2 Å². The van der Waals surface area contributed by atoms with Gasteiger partial charge < -0.3 is 14.2 Å². The minimum atomic E-state index is -0.329. The predicted octanol–water partition coefficient (Wildman–Crippen LogP) is 4.19. The summed E-state index contributed by atoms with van der Waals surface area (Å²) in [6.07, 6.45) is 0. The van der Waals surface area contributed by atoms with Crippen LogP contribution in [0.4, 0.5) is 0 Å². The van der Waals surface area contributed by atoms with Crippen LogP contribution in [0.1, 0.15) is 33.4 Å². The number of carbonyl (C=O) groups excluding carboxylic acids is 1. The largest absolute Gasteiger partial charge is 0.497 e. The van der Waals surface area contributed by atoms with Crippen LogP contribution in [0.5, 0.6) is 5.75 Å². The highest BCUT2D eigenvalue weighted by atomic mass is 32.1. The predicted molar refractivity (Wildman–Crippen MR) is 122 cm³/mol. The number of amides is 1. The minimum Gasteiger partial charge on any atom is -0.497 e. The molecule has 3 aromatic rings. The highest BCUT2D eigenvalue weighted by Crippen LogP contribution is 2.28. The Morgan fingerprint density at radius 2 is 1.68 bits per heavy atom. The van der Waals surface area contributed by atoms with Crippen molar-refractivity contribution in [1.29, 1.82) is 5.26 Å². The van der Waals surface area contributed by atoms with Gasteiger partial charge in [0.05, 0.1) is 18.7 Å². The van der Waals surface area contributed by atoms with E-state index in [1.807, 2.05) is 40.6 Å². The van der Waals surface area contributed by atoms with Crippen molar-refractivity contribution in [3.05, 3.63) is 70.4 Å². The molecule has 0 bridgehead atoms. The highest BCUT2D eigenvalue weighted by Gasteiger charge is 2.29. The normalized spacial score (nSPS) is 15.5. The second kappa shape index (κ2) is 8.96. The van der Waals surface area contributed by atoms with Gasteiger partial charge in [0.2, 0.25) is 0 Å². The minimum absolute atomic E-state index is 0.0568. The first-order valence-electron chi connectivity index (χ1n) is 10.3. The number of nitriles is 1. The van der Waals surface area contributed by atoms with Gasteiger partial charge >= 0.3 is 0 Å². The molecule has 0 spiro atoms. The summed E-state index contributed by atoms with van der Waals surface area (Å²) >= 11 is 1.59. The van der Waals surface area contributed by atoms with E-state index in [1.165, 1.54) is 0 Å². The maximum Gasteiger partial charge on any atom is 0.256 e. The van der Waals surface area contributed by atoms with Crippen molar-refractivity contribution in [3.8, 4) is 16.8 Å². The van der Waals surface area contributed by atoms with E-state index in [9.17, 15) is 10.1 Å². The number of carbonyl (C=O) groups is 1. The van der Waals surface area contributed by atoms with Crippen LogP contribution in [0.15, 0.2) is 47.8 Å². The molecule has 7 heteroatoms. The molecule has 1 aromatic carbocycles. The Labute approximate surface area is 186 Å². The van der Waals surface area contributed by atoms with Gasteiger partial charge in [-0.2, -0.15) is 5.26 Å². The summed E-state index contributed by atoms with van der Waals surface area (Å²) in [6, 6.07) is 15.8. The Bertz CT molecular complexity index is 1080. The zero-order chi connectivity index (χ0) is 22.0. The summed E-state index contributed by atoms with van der Waals surface area (Å²) < 4.78 is 7.36. The van der Waals surface area contributed by atoms with E-state index >= 15 is 0 Å². The Balaban J connectivity index is 1.46. The number of methoxy groups -OCH3 is 1. The average molecular weight is 435 g/mol. The molecular weight excluding hydrogens is 408 g/mol. The van der Waals surface area contributed by atoms with Gasteiger partial charge in [-0.25, -0.2) is 0 Å². The fraction of sp³-hybridized carbons (Fsp3) is 0.333. The number of nitrogens with zero attached hydrogens (tertiary/aromatic N) is 4. The topological polar surface area (TPSA) is 61.5 Å². The van der Waals surface area contributed by atoms with Gasteiger partial charge in [-0.1, -0.05) is 12.1 Å². The summed E-state index contributed by atoms with van der Waals surface area (Å²) in [5, 5.41) is 12.7. The Morgan fingerprint density at radius 1 is 1.03 bits per heavy atom. The zero-order valence-electron chi connectivity index (χ0n) is 18.0. The number of ether oxygens (including phenoxy) is 1. The number of aryl methyl sites for hydroxylation is 2. The van der Waals surface area contributed by atoms with E-state index in [1.54, 1.807) is 18.4 Å². The second-order valence-electron chi connectivity index (χ2n) is 7.72. The summed E-state index contributed by atoms with van der Waals surface area (Å²) in [6.45, 7) is 6.65.